The molecule has 2 atom stereocenters. The fraction of sp³-hybridized carbons (Fsp3) is 0.556. The number of carbonyl (C=O) groups excluding carboxylic acids is 1. The van der Waals surface area contributed by atoms with Crippen LogP contribution in [0.3, 0.4) is 0 Å². The zero-order valence-corrected chi connectivity index (χ0v) is 15.4. The molecule has 1 aliphatic rings. The third-order valence-electron chi connectivity index (χ3n) is 4.95. The van der Waals surface area contributed by atoms with E-state index in [2.05, 4.69) is 10.3 Å². The number of nitrogens with zero attached hydrogens (tertiary/aromatic N) is 2. The van der Waals surface area contributed by atoms with Gasteiger partial charge in [-0.2, -0.15) is 13.2 Å². The van der Waals surface area contributed by atoms with Crippen LogP contribution in [0.4, 0.5) is 13.2 Å². The van der Waals surface area contributed by atoms with Gasteiger partial charge in [0.25, 0.3) is 0 Å². The molecule has 3 rings (SSSR count). The van der Waals surface area contributed by atoms with Gasteiger partial charge in [0, 0.05) is 36.3 Å². The summed E-state index contributed by atoms with van der Waals surface area (Å²) in [5.74, 6) is -0.444. The lowest BCUT2D eigenvalue weighted by Gasteiger charge is -2.27. The van der Waals surface area contributed by atoms with Gasteiger partial charge >= 0.3 is 6.18 Å². The van der Waals surface area contributed by atoms with E-state index < -0.39 is 23.5 Å². The molecule has 148 valence electrons. The molecular weight excluding hydrogens is 363 g/mol. The van der Waals surface area contributed by atoms with E-state index in [0.29, 0.717) is 22.8 Å². The van der Waals surface area contributed by atoms with Gasteiger partial charge in [0.05, 0.1) is 6.54 Å². The van der Waals surface area contributed by atoms with Gasteiger partial charge in [-0.15, -0.1) is 0 Å². The van der Waals surface area contributed by atoms with Crippen molar-refractivity contribution in [2.24, 2.45) is 5.92 Å². The minimum absolute atomic E-state index is 0.0186. The fourth-order valence-corrected chi connectivity index (χ4v) is 3.58. The summed E-state index contributed by atoms with van der Waals surface area (Å²) in [6, 6.07) is 1.72. The lowest BCUT2D eigenvalue weighted by atomic mass is 9.93. The van der Waals surface area contributed by atoms with E-state index in [0.717, 1.165) is 4.57 Å². The summed E-state index contributed by atoms with van der Waals surface area (Å²) in [5.41, 5.74) is -0.323. The maximum absolute atomic E-state index is 12.9. The van der Waals surface area contributed by atoms with Crippen LogP contribution in [0.2, 0.25) is 0 Å². The van der Waals surface area contributed by atoms with E-state index in [-0.39, 0.29) is 31.8 Å². The monoisotopic (exact) mass is 385 g/mol. The number of nitrogens with one attached hydrogen (secondary N) is 1. The van der Waals surface area contributed by atoms with Crippen molar-refractivity contribution in [3.05, 3.63) is 40.9 Å². The summed E-state index contributed by atoms with van der Waals surface area (Å²) >= 11 is 0. The zero-order valence-electron chi connectivity index (χ0n) is 15.4. The highest BCUT2D eigenvalue weighted by molar-refractivity contribution is 5.79. The lowest BCUT2D eigenvalue weighted by molar-refractivity contribution is -0.147. The molecule has 0 bridgehead atoms. The van der Waals surface area contributed by atoms with Crippen LogP contribution in [-0.4, -0.2) is 27.1 Å². The number of hydrogen-bond donors (Lipinski definition) is 2. The van der Waals surface area contributed by atoms with Crippen molar-refractivity contribution in [3.8, 4) is 0 Å². The number of imidazole rings is 1. The number of rotatable bonds is 4. The molecule has 2 unspecified atom stereocenters. The van der Waals surface area contributed by atoms with E-state index in [4.69, 9.17) is 4.42 Å². The summed E-state index contributed by atoms with van der Waals surface area (Å²) < 4.78 is 45.3. The Morgan fingerprint density at radius 1 is 1.44 bits per heavy atom. The molecule has 2 aromatic rings. The topological polar surface area (TPSA) is 80.3 Å². The van der Waals surface area contributed by atoms with Crippen LogP contribution in [0.5, 0.6) is 0 Å². The first kappa shape index (κ1) is 19.5. The molecular formula is C18H22F3N3O3. The van der Waals surface area contributed by atoms with Crippen molar-refractivity contribution in [3.63, 3.8) is 0 Å². The smallest absolute Gasteiger partial charge is 0.449 e. The minimum Gasteiger partial charge on any atom is -0.466 e. The number of aliphatic hydroxyl groups is 1. The molecule has 1 amide bonds. The maximum atomic E-state index is 12.9. The Labute approximate surface area is 154 Å². The largest absolute Gasteiger partial charge is 0.466 e. The molecule has 0 aliphatic carbocycles. The Balaban J connectivity index is 1.64. The van der Waals surface area contributed by atoms with Gasteiger partial charge in [0.15, 0.2) is 0 Å². The summed E-state index contributed by atoms with van der Waals surface area (Å²) in [6.07, 6.45) is -2.87. The predicted molar refractivity (Wildman–Crippen MR) is 89.8 cm³/mol. The fourth-order valence-electron chi connectivity index (χ4n) is 3.58. The summed E-state index contributed by atoms with van der Waals surface area (Å²) in [6.45, 7) is 5.15. The van der Waals surface area contributed by atoms with Gasteiger partial charge in [-0.25, -0.2) is 4.98 Å². The standard InChI is InChI=1S/C18H22F3N3O3/c1-10-6-14(11(2)27-10)17(3,26)9-23-15(25)12-4-5-24-13(7-12)8-22-16(24)18(19,20)21/h6,8,12,26H,4-5,7,9H2,1-3H3,(H,23,25). The first-order valence-corrected chi connectivity index (χ1v) is 8.68. The summed E-state index contributed by atoms with van der Waals surface area (Å²) in [5, 5.41) is 13.4. The number of carbonyl (C=O) groups is 1. The number of amides is 1. The Morgan fingerprint density at radius 2 is 2.15 bits per heavy atom. The molecule has 0 radical (unpaired) electrons. The average Bonchev–Trinajstić information content (AvgIpc) is 3.14. The number of alkyl halides is 3. The van der Waals surface area contributed by atoms with Crippen LogP contribution in [-0.2, 0) is 29.5 Å². The Kier molecular flexibility index (Phi) is 4.83. The van der Waals surface area contributed by atoms with Crippen molar-refractivity contribution >= 4 is 5.91 Å². The van der Waals surface area contributed by atoms with Gasteiger partial charge < -0.3 is 19.4 Å². The molecule has 0 fully saturated rings. The number of aryl methyl sites for hydroxylation is 2. The van der Waals surface area contributed by atoms with Crippen molar-refractivity contribution in [1.29, 1.82) is 0 Å². The second-order valence-corrected chi connectivity index (χ2v) is 7.23. The maximum Gasteiger partial charge on any atom is 0.449 e. The summed E-state index contributed by atoms with van der Waals surface area (Å²) in [7, 11) is 0. The van der Waals surface area contributed by atoms with Crippen molar-refractivity contribution < 1.29 is 27.5 Å². The van der Waals surface area contributed by atoms with E-state index in [1.807, 2.05) is 0 Å². The normalized spacial score (nSPS) is 19.4. The van der Waals surface area contributed by atoms with Gasteiger partial charge in [-0.3, -0.25) is 4.79 Å². The third-order valence-corrected chi connectivity index (χ3v) is 4.95. The Bertz CT molecular complexity index is 852. The van der Waals surface area contributed by atoms with E-state index in [1.165, 1.54) is 6.20 Å². The second-order valence-electron chi connectivity index (χ2n) is 7.23. The van der Waals surface area contributed by atoms with Crippen LogP contribution in [0.25, 0.3) is 0 Å². The van der Waals surface area contributed by atoms with E-state index in [9.17, 15) is 23.1 Å². The lowest BCUT2D eigenvalue weighted by Crippen LogP contribution is -2.43. The SMILES string of the molecule is Cc1cc(C(C)(O)CNC(=O)C2CCn3c(cnc3C(F)(F)F)C2)c(C)o1. The van der Waals surface area contributed by atoms with Gasteiger partial charge in [-0.1, -0.05) is 0 Å². The molecule has 0 saturated carbocycles. The third kappa shape index (κ3) is 3.87. The first-order chi connectivity index (χ1) is 12.5. The molecule has 0 saturated heterocycles. The van der Waals surface area contributed by atoms with E-state index >= 15 is 0 Å². The number of hydrogen-bond acceptors (Lipinski definition) is 4. The van der Waals surface area contributed by atoms with Crippen LogP contribution < -0.4 is 5.32 Å². The summed E-state index contributed by atoms with van der Waals surface area (Å²) in [4.78, 5) is 15.9. The minimum atomic E-state index is -4.51. The molecule has 3 heterocycles. The Morgan fingerprint density at radius 3 is 2.74 bits per heavy atom. The number of furan rings is 1. The molecule has 6 nitrogen and oxygen atoms in total. The van der Waals surface area contributed by atoms with Gasteiger partial charge in [0.1, 0.15) is 17.1 Å². The highest BCUT2D eigenvalue weighted by Gasteiger charge is 2.39. The number of halogens is 3. The van der Waals surface area contributed by atoms with Gasteiger partial charge in [-0.05, 0) is 33.3 Å². The second kappa shape index (κ2) is 6.70. The van der Waals surface area contributed by atoms with Gasteiger partial charge in [0.2, 0.25) is 11.7 Å². The predicted octanol–water partition coefficient (Wildman–Crippen LogP) is 2.70. The molecule has 0 aromatic carbocycles. The van der Waals surface area contributed by atoms with Crippen molar-refractivity contribution in [1.82, 2.24) is 14.9 Å². The van der Waals surface area contributed by atoms with Crippen molar-refractivity contribution in [2.45, 2.75) is 51.9 Å². The van der Waals surface area contributed by atoms with Crippen molar-refractivity contribution in [2.75, 3.05) is 6.54 Å². The molecule has 0 spiro atoms. The molecule has 2 N–H and O–H groups in total. The highest BCUT2D eigenvalue weighted by Crippen LogP contribution is 2.32. The van der Waals surface area contributed by atoms with Crippen LogP contribution in [0.1, 0.15) is 41.9 Å². The van der Waals surface area contributed by atoms with Crippen LogP contribution in [0.15, 0.2) is 16.7 Å². The number of aromatic nitrogens is 2. The molecule has 9 heteroatoms. The van der Waals surface area contributed by atoms with Crippen LogP contribution >= 0.6 is 0 Å². The zero-order chi connectivity index (χ0) is 20.0. The van der Waals surface area contributed by atoms with E-state index in [1.54, 1.807) is 26.8 Å². The molecule has 1 aliphatic heterocycles. The number of fused-ring (bicyclic) bond motifs is 1. The Hall–Kier alpha value is -2.29. The molecule has 27 heavy (non-hydrogen) atoms. The average molecular weight is 385 g/mol. The molecule has 2 aromatic heterocycles. The van der Waals surface area contributed by atoms with Crippen LogP contribution in [0, 0.1) is 19.8 Å². The highest BCUT2D eigenvalue weighted by atomic mass is 19.4. The first-order valence-electron chi connectivity index (χ1n) is 8.68. The quantitative estimate of drug-likeness (QED) is 0.848.